The minimum atomic E-state index is -1.87. The topological polar surface area (TPSA) is 383 Å². The van der Waals surface area contributed by atoms with Crippen LogP contribution in [0.3, 0.4) is 0 Å². The van der Waals surface area contributed by atoms with Gasteiger partial charge in [-0.2, -0.15) is 0 Å². The van der Waals surface area contributed by atoms with E-state index in [4.69, 9.17) is 42.6 Å². The van der Waals surface area contributed by atoms with E-state index in [0.717, 1.165) is 30.9 Å². The largest absolute Gasteiger partial charge is 0.460 e. The molecule has 8 aliphatic rings. The Morgan fingerprint density at radius 3 is 1.74 bits per heavy atom. The molecule has 82 heavy (non-hydrogen) atoms. The van der Waals surface area contributed by atoms with Crippen LogP contribution in [-0.4, -0.2) is 245 Å². The number of aliphatic hydroxyl groups is 14. The van der Waals surface area contributed by atoms with Gasteiger partial charge in [0.15, 0.2) is 25.2 Å². The number of allylic oxidation sites excluding steroid dienone is 3. The highest BCUT2D eigenvalue weighted by Gasteiger charge is 2.72. The third-order valence-electron chi connectivity index (χ3n) is 21.4. The van der Waals surface area contributed by atoms with Crippen LogP contribution in [0.2, 0.25) is 0 Å². The molecular formula is C58H96O24. The summed E-state index contributed by atoms with van der Waals surface area (Å²) in [5.74, 6) is -1.28. The molecule has 0 amide bonds. The average molecular weight is 1180 g/mol. The lowest BCUT2D eigenvalue weighted by molar-refractivity contribution is -0.378. The Labute approximate surface area is 479 Å². The molecule has 0 aromatic rings. The summed E-state index contributed by atoms with van der Waals surface area (Å²) in [6.07, 6.45) is -23.2. The zero-order valence-electron chi connectivity index (χ0n) is 48.8. The highest BCUT2D eigenvalue weighted by molar-refractivity contribution is 5.81. The van der Waals surface area contributed by atoms with Crippen molar-refractivity contribution in [3.63, 3.8) is 0 Å². The Morgan fingerprint density at radius 1 is 0.598 bits per heavy atom. The third-order valence-corrected chi connectivity index (χ3v) is 21.4. The number of hydrogen-bond donors (Lipinski definition) is 14. The van der Waals surface area contributed by atoms with Crippen molar-refractivity contribution in [1.29, 1.82) is 0 Å². The summed E-state index contributed by atoms with van der Waals surface area (Å²) in [5.41, 5.74) is -1.69. The summed E-state index contributed by atoms with van der Waals surface area (Å²) in [6.45, 7) is 16.3. The highest BCUT2D eigenvalue weighted by Crippen LogP contribution is 2.76. The van der Waals surface area contributed by atoms with E-state index >= 15 is 0 Å². The van der Waals surface area contributed by atoms with E-state index in [9.17, 15) is 76.3 Å². The van der Waals surface area contributed by atoms with Crippen LogP contribution in [0.15, 0.2) is 23.8 Å². The monoisotopic (exact) mass is 1180 g/mol. The zero-order chi connectivity index (χ0) is 60.3. The second kappa shape index (κ2) is 25.7. The number of fused-ring (bicyclic) bond motifs is 5. The van der Waals surface area contributed by atoms with Gasteiger partial charge in [-0.25, -0.2) is 4.79 Å². The first-order valence-corrected chi connectivity index (χ1v) is 29.5. The molecule has 0 spiro atoms. The van der Waals surface area contributed by atoms with E-state index < -0.39 is 184 Å². The van der Waals surface area contributed by atoms with E-state index in [1.165, 1.54) is 6.08 Å². The lowest BCUT2D eigenvalue weighted by atomic mass is 9.35. The Bertz CT molecular complexity index is 2200. The predicted octanol–water partition coefficient (Wildman–Crippen LogP) is -1.08. The minimum Gasteiger partial charge on any atom is -0.460 e. The van der Waals surface area contributed by atoms with Crippen LogP contribution in [-0.2, 0) is 47.4 Å². The van der Waals surface area contributed by atoms with Crippen molar-refractivity contribution in [3.8, 4) is 0 Å². The van der Waals surface area contributed by atoms with Gasteiger partial charge in [0.25, 0.3) is 0 Å². The first-order chi connectivity index (χ1) is 38.4. The van der Waals surface area contributed by atoms with Crippen molar-refractivity contribution < 1.29 is 119 Å². The zero-order valence-corrected chi connectivity index (χ0v) is 48.8. The van der Waals surface area contributed by atoms with Crippen LogP contribution in [0, 0.1) is 45.3 Å². The quantitative estimate of drug-likeness (QED) is 0.0336. The summed E-state index contributed by atoms with van der Waals surface area (Å²) >= 11 is 0. The Morgan fingerprint density at radius 2 is 1.13 bits per heavy atom. The fraction of sp³-hybridized carbons (Fsp3) is 0.914. The van der Waals surface area contributed by atoms with E-state index in [-0.39, 0.29) is 34.5 Å². The van der Waals surface area contributed by atoms with Gasteiger partial charge in [0.2, 0.25) is 0 Å². The molecule has 24 heteroatoms. The summed E-state index contributed by atoms with van der Waals surface area (Å²) in [6, 6.07) is 0. The molecule has 0 aromatic carbocycles. The van der Waals surface area contributed by atoms with Crippen molar-refractivity contribution in [2.45, 2.75) is 261 Å². The van der Waals surface area contributed by atoms with Crippen molar-refractivity contribution >= 4 is 5.97 Å². The first kappa shape index (κ1) is 66.0. The maximum Gasteiger partial charge on any atom is 0.330 e. The highest BCUT2D eigenvalue weighted by atomic mass is 16.8. The molecule has 0 aromatic heterocycles. The van der Waals surface area contributed by atoms with Gasteiger partial charge in [0.1, 0.15) is 104 Å². The molecule has 4 aliphatic carbocycles. The van der Waals surface area contributed by atoms with Gasteiger partial charge in [-0.05, 0) is 131 Å². The number of aliphatic hydroxyl groups excluding tert-OH is 14. The molecule has 4 aliphatic heterocycles. The fourth-order valence-electron chi connectivity index (χ4n) is 16.6. The number of ether oxygens (including phenoxy) is 9. The smallest absolute Gasteiger partial charge is 0.330 e. The van der Waals surface area contributed by atoms with Gasteiger partial charge >= 0.3 is 5.97 Å². The van der Waals surface area contributed by atoms with Crippen molar-refractivity contribution in [1.82, 2.24) is 0 Å². The minimum absolute atomic E-state index is 0.0154. The second-order valence-corrected chi connectivity index (χ2v) is 26.7. The number of rotatable bonds is 18. The predicted molar refractivity (Wildman–Crippen MR) is 285 cm³/mol. The Kier molecular flexibility index (Phi) is 20.7. The normalized spacial score (nSPS) is 50.2. The molecule has 0 radical (unpaired) electrons. The van der Waals surface area contributed by atoms with Crippen molar-refractivity contribution in [2.75, 3.05) is 26.4 Å². The molecule has 8 fully saturated rings. The van der Waals surface area contributed by atoms with Crippen molar-refractivity contribution in [3.05, 3.63) is 23.8 Å². The van der Waals surface area contributed by atoms with E-state index in [1.807, 2.05) is 20.8 Å². The number of carbonyl (C=O) groups excluding carboxylic acids is 1. The second-order valence-electron chi connectivity index (χ2n) is 26.7. The third kappa shape index (κ3) is 12.1. The number of esters is 1. The van der Waals surface area contributed by atoms with Crippen LogP contribution in [0.1, 0.15) is 120 Å². The van der Waals surface area contributed by atoms with Crippen LogP contribution in [0.25, 0.3) is 0 Å². The molecular weight excluding hydrogens is 1080 g/mol. The lowest BCUT2D eigenvalue weighted by Gasteiger charge is -2.71. The number of carbonyl (C=O) groups is 1. The summed E-state index contributed by atoms with van der Waals surface area (Å²) in [4.78, 5) is 12.1. The summed E-state index contributed by atoms with van der Waals surface area (Å²) in [7, 11) is 0. The first-order valence-electron chi connectivity index (χ1n) is 29.5. The Hall–Kier alpha value is -1.93. The molecule has 0 bridgehead atoms. The molecule has 30 atom stereocenters. The van der Waals surface area contributed by atoms with E-state index in [2.05, 4.69) is 40.7 Å². The lowest BCUT2D eigenvalue weighted by Crippen LogP contribution is -2.68. The summed E-state index contributed by atoms with van der Waals surface area (Å²) < 4.78 is 54.5. The van der Waals surface area contributed by atoms with Crippen LogP contribution in [0.4, 0.5) is 0 Å². The fourth-order valence-corrected chi connectivity index (χ4v) is 16.6. The molecule has 8 rings (SSSR count). The van der Waals surface area contributed by atoms with Crippen molar-refractivity contribution in [2.24, 2.45) is 45.3 Å². The standard InChI is InChI=1S/C58H96O24/c1-10-12-36(62)74-24-31-40(65)43(68)47(72)51(78-31)81-49-45(70)39(64)30(23-60)77-53(49)80-35-16-18-55(6)33(54(35,4)5)15-20-56(7)34(55)21-28(61)37-27(14-19-57(37,56)8)58(9,17-11-13-26(2)3)82-52-48(73)44(69)41(66)32(79-52)25-75-50-46(71)42(67)38(63)29(22-59)76-50/h10,12-13,27-35,37-53,59-61,63-73H,11,14-25H2,1-9H3/b12-10+/t27-,28+,29+,30+,31+,32+,33-,34+,35-,37-,38+,39+,40+,41+,42-,43-,44-,45-,46+,47+,48+,49+,50+,51-,52-,53-,55-,56+,57+,58-/m0/s1. The Balaban J connectivity index is 1.00. The van der Waals surface area contributed by atoms with Gasteiger partial charge < -0.3 is 114 Å². The van der Waals surface area contributed by atoms with Crippen LogP contribution >= 0.6 is 0 Å². The van der Waals surface area contributed by atoms with E-state index in [1.54, 1.807) is 6.92 Å². The summed E-state index contributed by atoms with van der Waals surface area (Å²) in [5, 5.41) is 154. The van der Waals surface area contributed by atoms with Gasteiger partial charge in [0, 0.05) is 6.08 Å². The maximum absolute atomic E-state index is 12.9. The van der Waals surface area contributed by atoms with E-state index in [0.29, 0.717) is 38.5 Å². The molecule has 14 N–H and O–H groups in total. The molecule has 472 valence electrons. The van der Waals surface area contributed by atoms with Crippen LogP contribution in [0.5, 0.6) is 0 Å². The average Bonchev–Trinajstić information content (AvgIpc) is 1.26. The van der Waals surface area contributed by atoms with Gasteiger partial charge in [-0.1, -0.05) is 52.3 Å². The SMILES string of the molecule is C/C=C/C(=O)OC[C@H]1O[C@@H](O[C@H]2[C@H](O[C@H]3CC[C@]4(C)[C@H]5C[C@@H](O)[C@@H]6[C@@H]([C@](C)(CCC=C(C)C)O[C@@H]7O[C@H](CO[C@@H]8O[C@H](CO)[C@@H](O)[C@H](O)[C@H]8O)[C@@H](O)[C@H](O)[C@H]7O)CC[C@@]6(C)[C@]5(C)CC[C@H]4C3(C)C)O[C@H](CO)[C@@H](O)[C@@H]2O)[C@H](O)[C@@H](O)[C@@H]1O. The molecule has 4 saturated heterocycles. The van der Waals surface area contributed by atoms with Gasteiger partial charge in [0.05, 0.1) is 37.6 Å². The van der Waals surface area contributed by atoms with Crippen LogP contribution < -0.4 is 0 Å². The molecule has 4 saturated carbocycles. The van der Waals surface area contributed by atoms with Gasteiger partial charge in [-0.3, -0.25) is 0 Å². The number of hydrogen-bond acceptors (Lipinski definition) is 24. The maximum atomic E-state index is 12.9. The van der Waals surface area contributed by atoms with Gasteiger partial charge in [-0.15, -0.1) is 0 Å². The molecule has 24 nitrogen and oxygen atoms in total. The molecule has 0 unspecified atom stereocenters. The molecule has 4 heterocycles.